The summed E-state index contributed by atoms with van der Waals surface area (Å²) < 4.78 is 29.5. The number of carbonyl (C=O) groups excluding carboxylic acids is 1. The first kappa shape index (κ1) is 22.0. The molecule has 0 aliphatic heterocycles. The monoisotopic (exact) mass is 470 g/mol. The fraction of sp³-hybridized carbons (Fsp3) is 0.0870. The molecule has 32 heavy (non-hydrogen) atoms. The highest BCUT2D eigenvalue weighted by Crippen LogP contribution is 2.29. The number of nitrogens with zero attached hydrogens (tertiary/aromatic N) is 3. The Morgan fingerprint density at radius 1 is 1.03 bits per heavy atom. The SMILES string of the molecule is Cc1cccc(-n2c(SCC(=O)Nc3c(F)cccc3F)nnc2-c2ccc(Cl)cc2)c1. The van der Waals surface area contributed by atoms with E-state index in [1.807, 2.05) is 47.9 Å². The van der Waals surface area contributed by atoms with Crippen molar-refractivity contribution in [2.75, 3.05) is 11.1 Å². The maximum Gasteiger partial charge on any atom is 0.235 e. The zero-order chi connectivity index (χ0) is 22.7. The van der Waals surface area contributed by atoms with Gasteiger partial charge in [-0.2, -0.15) is 0 Å². The van der Waals surface area contributed by atoms with Gasteiger partial charge in [-0.05, 0) is 61.0 Å². The van der Waals surface area contributed by atoms with E-state index in [9.17, 15) is 13.6 Å². The number of thioether (sulfide) groups is 1. The summed E-state index contributed by atoms with van der Waals surface area (Å²) in [7, 11) is 0. The van der Waals surface area contributed by atoms with Crippen LogP contribution in [0.5, 0.6) is 0 Å². The van der Waals surface area contributed by atoms with Gasteiger partial charge >= 0.3 is 0 Å². The lowest BCUT2D eigenvalue weighted by Gasteiger charge is -2.11. The third-order valence-electron chi connectivity index (χ3n) is 4.56. The number of aryl methyl sites for hydroxylation is 1. The van der Waals surface area contributed by atoms with E-state index < -0.39 is 23.2 Å². The highest BCUT2D eigenvalue weighted by atomic mass is 35.5. The first-order valence-corrected chi connectivity index (χ1v) is 10.9. The maximum absolute atomic E-state index is 13.8. The topological polar surface area (TPSA) is 59.8 Å². The summed E-state index contributed by atoms with van der Waals surface area (Å²) >= 11 is 7.12. The van der Waals surface area contributed by atoms with Crippen molar-refractivity contribution in [2.45, 2.75) is 12.1 Å². The predicted molar refractivity (Wildman–Crippen MR) is 122 cm³/mol. The van der Waals surface area contributed by atoms with E-state index in [-0.39, 0.29) is 5.75 Å². The number of hydrogen-bond acceptors (Lipinski definition) is 4. The van der Waals surface area contributed by atoms with Crippen molar-refractivity contribution in [2.24, 2.45) is 0 Å². The van der Waals surface area contributed by atoms with E-state index in [1.165, 1.54) is 6.07 Å². The molecule has 3 aromatic carbocycles. The van der Waals surface area contributed by atoms with E-state index in [0.29, 0.717) is 16.0 Å². The number of hydrogen-bond donors (Lipinski definition) is 1. The number of aromatic nitrogens is 3. The molecule has 0 fully saturated rings. The van der Waals surface area contributed by atoms with Gasteiger partial charge in [-0.15, -0.1) is 10.2 Å². The molecule has 1 N–H and O–H groups in total. The quantitative estimate of drug-likeness (QED) is 0.356. The summed E-state index contributed by atoms with van der Waals surface area (Å²) in [4.78, 5) is 12.4. The van der Waals surface area contributed by atoms with Crippen LogP contribution in [0.15, 0.2) is 71.9 Å². The molecule has 0 bridgehead atoms. The van der Waals surface area contributed by atoms with Crippen molar-refractivity contribution >= 4 is 35.0 Å². The highest BCUT2D eigenvalue weighted by molar-refractivity contribution is 7.99. The van der Waals surface area contributed by atoms with Crippen molar-refractivity contribution in [3.05, 3.63) is 89.0 Å². The van der Waals surface area contributed by atoms with E-state index in [1.54, 1.807) is 12.1 Å². The number of rotatable bonds is 6. The molecule has 4 rings (SSSR count). The molecule has 1 aromatic heterocycles. The van der Waals surface area contributed by atoms with Crippen LogP contribution in [-0.4, -0.2) is 26.4 Å². The van der Waals surface area contributed by atoms with Crippen LogP contribution < -0.4 is 5.32 Å². The summed E-state index contributed by atoms with van der Waals surface area (Å²) in [6, 6.07) is 18.4. The van der Waals surface area contributed by atoms with Gasteiger partial charge in [-0.1, -0.05) is 41.6 Å². The Kier molecular flexibility index (Phi) is 6.53. The second-order valence-electron chi connectivity index (χ2n) is 6.92. The van der Waals surface area contributed by atoms with E-state index in [0.717, 1.165) is 40.7 Å². The smallest absolute Gasteiger partial charge is 0.235 e. The fourth-order valence-corrected chi connectivity index (χ4v) is 3.95. The van der Waals surface area contributed by atoms with Gasteiger partial charge in [-0.25, -0.2) is 8.78 Å². The Morgan fingerprint density at radius 3 is 2.41 bits per heavy atom. The molecule has 1 heterocycles. The van der Waals surface area contributed by atoms with Crippen molar-refractivity contribution in [1.29, 1.82) is 0 Å². The molecule has 0 aliphatic rings. The molecule has 0 unspecified atom stereocenters. The van der Waals surface area contributed by atoms with Crippen LogP contribution in [0.1, 0.15) is 5.56 Å². The maximum atomic E-state index is 13.8. The largest absolute Gasteiger partial charge is 0.320 e. The minimum absolute atomic E-state index is 0.113. The third kappa shape index (κ3) is 4.81. The Labute approximate surface area is 192 Å². The molecule has 5 nitrogen and oxygen atoms in total. The number of amides is 1. The van der Waals surface area contributed by atoms with Crippen LogP contribution >= 0.6 is 23.4 Å². The molecule has 0 saturated heterocycles. The molecule has 1 amide bonds. The van der Waals surface area contributed by atoms with Crippen molar-refractivity contribution in [1.82, 2.24) is 14.8 Å². The number of carbonyl (C=O) groups is 1. The number of benzene rings is 3. The molecular formula is C23H17ClF2N4OS. The van der Waals surface area contributed by atoms with Gasteiger partial charge in [0.2, 0.25) is 5.91 Å². The van der Waals surface area contributed by atoms with Crippen LogP contribution in [0.2, 0.25) is 5.02 Å². The van der Waals surface area contributed by atoms with Gasteiger partial charge in [0, 0.05) is 16.3 Å². The Morgan fingerprint density at radius 2 is 1.72 bits per heavy atom. The van der Waals surface area contributed by atoms with E-state index in [2.05, 4.69) is 15.5 Å². The minimum atomic E-state index is -0.837. The van der Waals surface area contributed by atoms with E-state index in [4.69, 9.17) is 11.6 Å². The zero-order valence-electron chi connectivity index (χ0n) is 16.8. The predicted octanol–water partition coefficient (Wildman–Crippen LogP) is 5.91. The third-order valence-corrected chi connectivity index (χ3v) is 5.74. The lowest BCUT2D eigenvalue weighted by Crippen LogP contribution is -2.16. The summed E-state index contributed by atoms with van der Waals surface area (Å²) in [6.07, 6.45) is 0. The number of para-hydroxylation sites is 1. The Balaban J connectivity index is 1.62. The van der Waals surface area contributed by atoms with Crippen LogP contribution in [0, 0.1) is 18.6 Å². The lowest BCUT2D eigenvalue weighted by atomic mass is 10.2. The van der Waals surface area contributed by atoms with Crippen LogP contribution in [0.3, 0.4) is 0 Å². The standard InChI is InChI=1S/C23H17ClF2N4OS/c1-14-4-2-5-17(12-14)30-22(15-8-10-16(24)11-9-15)28-29-23(30)32-13-20(31)27-21-18(25)6-3-7-19(21)26/h2-12H,13H2,1H3,(H,27,31). The average Bonchev–Trinajstić information content (AvgIpc) is 3.19. The van der Waals surface area contributed by atoms with Crippen LogP contribution in [-0.2, 0) is 4.79 Å². The number of anilines is 1. The molecule has 0 atom stereocenters. The van der Waals surface area contributed by atoms with E-state index >= 15 is 0 Å². The average molecular weight is 471 g/mol. The molecule has 162 valence electrons. The molecule has 9 heteroatoms. The number of halogens is 3. The second-order valence-corrected chi connectivity index (χ2v) is 8.30. The molecule has 0 spiro atoms. The highest BCUT2D eigenvalue weighted by Gasteiger charge is 2.18. The van der Waals surface area contributed by atoms with Gasteiger partial charge < -0.3 is 5.32 Å². The van der Waals surface area contributed by atoms with Gasteiger partial charge in [0.1, 0.15) is 17.3 Å². The van der Waals surface area contributed by atoms with Crippen molar-refractivity contribution in [3.8, 4) is 17.1 Å². The van der Waals surface area contributed by atoms with Gasteiger partial charge in [0.05, 0.1) is 5.75 Å². The Bertz CT molecular complexity index is 1260. The first-order valence-electron chi connectivity index (χ1n) is 9.57. The van der Waals surface area contributed by atoms with Crippen molar-refractivity contribution in [3.63, 3.8) is 0 Å². The molecule has 0 aliphatic carbocycles. The van der Waals surface area contributed by atoms with Gasteiger partial charge in [-0.3, -0.25) is 9.36 Å². The minimum Gasteiger partial charge on any atom is -0.320 e. The van der Waals surface area contributed by atoms with Crippen LogP contribution in [0.4, 0.5) is 14.5 Å². The second kappa shape index (κ2) is 9.50. The van der Waals surface area contributed by atoms with Gasteiger partial charge in [0.25, 0.3) is 0 Å². The molecule has 0 saturated carbocycles. The molecule has 0 radical (unpaired) electrons. The summed E-state index contributed by atoms with van der Waals surface area (Å²) in [5.41, 5.74) is 2.19. The summed E-state index contributed by atoms with van der Waals surface area (Å²) in [6.45, 7) is 1.97. The first-order chi connectivity index (χ1) is 15.4. The van der Waals surface area contributed by atoms with Crippen molar-refractivity contribution < 1.29 is 13.6 Å². The van der Waals surface area contributed by atoms with Gasteiger partial charge in [0.15, 0.2) is 11.0 Å². The zero-order valence-corrected chi connectivity index (χ0v) is 18.4. The van der Waals surface area contributed by atoms with Crippen LogP contribution in [0.25, 0.3) is 17.1 Å². The normalized spacial score (nSPS) is 10.9. The fourth-order valence-electron chi connectivity index (χ4n) is 3.07. The summed E-state index contributed by atoms with van der Waals surface area (Å²) in [5, 5.41) is 11.9. The lowest BCUT2D eigenvalue weighted by molar-refractivity contribution is -0.113. The summed E-state index contributed by atoms with van der Waals surface area (Å²) in [5.74, 6) is -1.77. The number of nitrogens with one attached hydrogen (secondary N) is 1. The molecule has 4 aromatic rings. The molecular weight excluding hydrogens is 454 g/mol. The Hall–Kier alpha value is -3.23.